The molecule has 0 bridgehead atoms. The van der Waals surface area contributed by atoms with Crippen LogP contribution in [0.25, 0.3) is 11.3 Å². The Hall–Kier alpha value is -2.56. The Balaban J connectivity index is 2.06. The second-order valence-corrected chi connectivity index (χ2v) is 6.17. The highest BCUT2D eigenvalue weighted by Gasteiger charge is 2.18. The predicted molar refractivity (Wildman–Crippen MR) is 102 cm³/mol. The minimum atomic E-state index is -0.514. The lowest BCUT2D eigenvalue weighted by molar-refractivity contribution is 0.0523. The number of aromatic nitrogens is 1. The van der Waals surface area contributed by atoms with Gasteiger partial charge in [-0.1, -0.05) is 47.5 Å². The van der Waals surface area contributed by atoms with Crippen molar-refractivity contribution in [3.63, 3.8) is 0 Å². The summed E-state index contributed by atoms with van der Waals surface area (Å²) >= 11 is 12.2. The van der Waals surface area contributed by atoms with Crippen LogP contribution >= 0.6 is 23.2 Å². The van der Waals surface area contributed by atoms with Gasteiger partial charge in [0, 0.05) is 22.8 Å². The SMILES string of the molecule is CCOC(=O)c1cnc(-c2cccc(Cl)c2)cc1Oc1ccccc1Cl. The lowest BCUT2D eigenvalue weighted by atomic mass is 10.1. The van der Waals surface area contributed by atoms with E-state index >= 15 is 0 Å². The zero-order chi connectivity index (χ0) is 18.5. The molecule has 0 fully saturated rings. The molecule has 1 aromatic heterocycles. The van der Waals surface area contributed by atoms with Crippen LogP contribution in [0.3, 0.4) is 0 Å². The molecule has 0 radical (unpaired) electrons. The Morgan fingerprint density at radius 1 is 1.04 bits per heavy atom. The van der Waals surface area contributed by atoms with Gasteiger partial charge in [-0.05, 0) is 31.2 Å². The molecule has 0 saturated carbocycles. The van der Waals surface area contributed by atoms with Crippen LogP contribution in [0.2, 0.25) is 10.0 Å². The van der Waals surface area contributed by atoms with Crippen LogP contribution in [0.15, 0.2) is 60.8 Å². The van der Waals surface area contributed by atoms with E-state index in [1.165, 1.54) is 6.20 Å². The lowest BCUT2D eigenvalue weighted by Crippen LogP contribution is -2.07. The highest BCUT2D eigenvalue weighted by atomic mass is 35.5. The zero-order valence-corrected chi connectivity index (χ0v) is 15.4. The van der Waals surface area contributed by atoms with E-state index in [9.17, 15) is 4.79 Å². The van der Waals surface area contributed by atoms with Crippen molar-refractivity contribution in [2.45, 2.75) is 6.92 Å². The molecule has 6 heteroatoms. The van der Waals surface area contributed by atoms with Crippen LogP contribution in [0.1, 0.15) is 17.3 Å². The van der Waals surface area contributed by atoms with E-state index in [-0.39, 0.29) is 12.2 Å². The number of carbonyl (C=O) groups is 1. The topological polar surface area (TPSA) is 48.4 Å². The van der Waals surface area contributed by atoms with Gasteiger partial charge in [-0.2, -0.15) is 0 Å². The van der Waals surface area contributed by atoms with Gasteiger partial charge in [0.05, 0.1) is 17.3 Å². The molecule has 0 aliphatic carbocycles. The van der Waals surface area contributed by atoms with Gasteiger partial charge < -0.3 is 9.47 Å². The zero-order valence-electron chi connectivity index (χ0n) is 13.9. The summed E-state index contributed by atoms with van der Waals surface area (Å²) in [4.78, 5) is 16.6. The van der Waals surface area contributed by atoms with Crippen molar-refractivity contribution >= 4 is 29.2 Å². The molecule has 0 atom stereocenters. The van der Waals surface area contributed by atoms with Crippen molar-refractivity contribution in [1.29, 1.82) is 0 Å². The average molecular weight is 388 g/mol. The van der Waals surface area contributed by atoms with Crippen molar-refractivity contribution in [2.75, 3.05) is 6.61 Å². The van der Waals surface area contributed by atoms with Gasteiger partial charge in [-0.25, -0.2) is 4.79 Å². The maximum Gasteiger partial charge on any atom is 0.343 e. The fraction of sp³-hybridized carbons (Fsp3) is 0.100. The number of rotatable bonds is 5. The number of ether oxygens (including phenoxy) is 2. The third-order valence-corrected chi connectivity index (χ3v) is 4.09. The number of carbonyl (C=O) groups excluding carboxylic acids is 1. The summed E-state index contributed by atoms with van der Waals surface area (Å²) < 4.78 is 11.0. The largest absolute Gasteiger partial charge is 0.462 e. The number of nitrogens with zero attached hydrogens (tertiary/aromatic N) is 1. The summed E-state index contributed by atoms with van der Waals surface area (Å²) in [6.07, 6.45) is 1.43. The van der Waals surface area contributed by atoms with Crippen LogP contribution in [-0.2, 0) is 4.74 Å². The second kappa shape index (κ2) is 8.21. The van der Waals surface area contributed by atoms with Crippen LogP contribution in [0, 0.1) is 0 Å². The standard InChI is InChI=1S/C20H15Cl2NO3/c1-2-25-20(24)15-12-23-17(13-6-5-7-14(21)10-13)11-19(15)26-18-9-4-3-8-16(18)22/h3-12H,2H2,1H3. The molecule has 2 aromatic carbocycles. The van der Waals surface area contributed by atoms with E-state index in [4.69, 9.17) is 32.7 Å². The van der Waals surface area contributed by atoms with Gasteiger partial charge in [0.25, 0.3) is 0 Å². The van der Waals surface area contributed by atoms with Crippen molar-refractivity contribution in [2.24, 2.45) is 0 Å². The summed E-state index contributed by atoms with van der Waals surface area (Å²) in [6.45, 7) is 1.99. The van der Waals surface area contributed by atoms with Crippen molar-refractivity contribution in [3.05, 3.63) is 76.4 Å². The van der Waals surface area contributed by atoms with Crippen LogP contribution in [-0.4, -0.2) is 17.6 Å². The number of halogens is 2. The number of para-hydroxylation sites is 1. The molecule has 0 amide bonds. The second-order valence-electron chi connectivity index (χ2n) is 5.33. The monoisotopic (exact) mass is 387 g/mol. The lowest BCUT2D eigenvalue weighted by Gasteiger charge is -2.13. The molecule has 132 valence electrons. The van der Waals surface area contributed by atoms with E-state index < -0.39 is 5.97 Å². The van der Waals surface area contributed by atoms with Gasteiger partial charge >= 0.3 is 5.97 Å². The van der Waals surface area contributed by atoms with Gasteiger partial charge in [0.1, 0.15) is 17.1 Å². The fourth-order valence-electron chi connectivity index (χ4n) is 2.34. The maximum atomic E-state index is 12.2. The summed E-state index contributed by atoms with van der Waals surface area (Å²) in [5.74, 6) is 0.226. The maximum absolute atomic E-state index is 12.2. The first-order valence-corrected chi connectivity index (χ1v) is 8.69. The minimum Gasteiger partial charge on any atom is -0.462 e. The summed E-state index contributed by atoms with van der Waals surface area (Å²) in [5.41, 5.74) is 1.64. The molecule has 26 heavy (non-hydrogen) atoms. The molecular weight excluding hydrogens is 373 g/mol. The van der Waals surface area contributed by atoms with Gasteiger partial charge in [-0.15, -0.1) is 0 Å². The molecule has 3 rings (SSSR count). The Morgan fingerprint density at radius 2 is 1.85 bits per heavy atom. The van der Waals surface area contributed by atoms with Crippen LogP contribution in [0.5, 0.6) is 11.5 Å². The first kappa shape index (κ1) is 18.2. The first-order valence-electron chi connectivity index (χ1n) is 7.94. The van der Waals surface area contributed by atoms with Gasteiger partial charge in [0.15, 0.2) is 0 Å². The highest BCUT2D eigenvalue weighted by molar-refractivity contribution is 6.32. The first-order chi connectivity index (χ1) is 12.6. The van der Waals surface area contributed by atoms with Crippen LogP contribution in [0.4, 0.5) is 0 Å². The summed E-state index contributed by atoms with van der Waals surface area (Å²) in [5, 5.41) is 1.02. The third-order valence-electron chi connectivity index (χ3n) is 3.54. The van der Waals surface area contributed by atoms with Gasteiger partial charge in [0.2, 0.25) is 0 Å². The fourth-order valence-corrected chi connectivity index (χ4v) is 2.70. The Labute approximate surface area is 161 Å². The number of pyridine rings is 1. The average Bonchev–Trinajstić information content (AvgIpc) is 2.64. The quantitative estimate of drug-likeness (QED) is 0.501. The van der Waals surface area contributed by atoms with E-state index in [1.54, 1.807) is 49.4 Å². The van der Waals surface area contributed by atoms with E-state index in [2.05, 4.69) is 4.98 Å². The number of benzene rings is 2. The molecule has 0 unspecified atom stereocenters. The van der Waals surface area contributed by atoms with Crippen molar-refractivity contribution in [3.8, 4) is 22.8 Å². The molecule has 1 heterocycles. The Kier molecular flexibility index (Phi) is 5.76. The molecular formula is C20H15Cl2NO3. The third kappa shape index (κ3) is 4.15. The van der Waals surface area contributed by atoms with E-state index in [1.807, 2.05) is 12.1 Å². The Morgan fingerprint density at radius 3 is 2.58 bits per heavy atom. The molecule has 3 aromatic rings. The predicted octanol–water partition coefficient (Wildman–Crippen LogP) is 6.02. The molecule has 0 N–H and O–H groups in total. The van der Waals surface area contributed by atoms with Crippen LogP contribution < -0.4 is 4.74 Å². The summed E-state index contributed by atoms with van der Waals surface area (Å²) in [7, 11) is 0. The molecule has 4 nitrogen and oxygen atoms in total. The number of hydrogen-bond acceptors (Lipinski definition) is 4. The minimum absolute atomic E-state index is 0.220. The number of esters is 1. The van der Waals surface area contributed by atoms with E-state index in [0.717, 1.165) is 5.56 Å². The van der Waals surface area contributed by atoms with Crippen molar-refractivity contribution < 1.29 is 14.3 Å². The smallest absolute Gasteiger partial charge is 0.343 e. The highest BCUT2D eigenvalue weighted by Crippen LogP contribution is 2.33. The summed E-state index contributed by atoms with van der Waals surface area (Å²) in [6, 6.07) is 15.9. The molecule has 0 aliphatic heterocycles. The van der Waals surface area contributed by atoms with E-state index in [0.29, 0.717) is 27.2 Å². The molecule has 0 aliphatic rings. The van der Waals surface area contributed by atoms with Gasteiger partial charge in [-0.3, -0.25) is 4.98 Å². The normalized spacial score (nSPS) is 10.4. The van der Waals surface area contributed by atoms with Crippen molar-refractivity contribution in [1.82, 2.24) is 4.98 Å². The molecule has 0 saturated heterocycles. The number of hydrogen-bond donors (Lipinski definition) is 0. The Bertz CT molecular complexity index is 944. The molecule has 0 spiro atoms.